The smallest absolute Gasteiger partial charge is 0.308 e. The zero-order valence-electron chi connectivity index (χ0n) is 9.86. The normalized spacial score (nSPS) is 31.1. The van der Waals surface area contributed by atoms with Crippen molar-refractivity contribution in [3.8, 4) is 0 Å². The van der Waals surface area contributed by atoms with Crippen molar-refractivity contribution in [1.82, 2.24) is 0 Å². The molecule has 0 bridgehead atoms. The summed E-state index contributed by atoms with van der Waals surface area (Å²) < 4.78 is 23.3. The first-order chi connectivity index (χ1) is 6.91. The third-order valence-electron chi connectivity index (χ3n) is 3.18. The third-order valence-corrected chi connectivity index (χ3v) is 5.45. The summed E-state index contributed by atoms with van der Waals surface area (Å²) in [5.41, 5.74) is 0.0776. The molecular formula is C11H21O3P. The highest BCUT2D eigenvalue weighted by molar-refractivity contribution is 7.54. The Bertz CT molecular complexity index is 270. The van der Waals surface area contributed by atoms with E-state index >= 15 is 0 Å². The highest BCUT2D eigenvalue weighted by Crippen LogP contribution is 2.60. The molecule has 88 valence electrons. The number of rotatable bonds is 3. The zero-order valence-corrected chi connectivity index (χ0v) is 10.8. The molecule has 2 aliphatic rings. The van der Waals surface area contributed by atoms with Crippen LogP contribution in [0.1, 0.15) is 40.0 Å². The first kappa shape index (κ1) is 11.6. The van der Waals surface area contributed by atoms with Gasteiger partial charge in [0.05, 0.1) is 18.9 Å². The first-order valence-electron chi connectivity index (χ1n) is 5.80. The molecule has 3 nitrogen and oxygen atoms in total. The number of hydrogen-bond donors (Lipinski definition) is 0. The Labute approximate surface area is 92.1 Å². The van der Waals surface area contributed by atoms with E-state index in [1.165, 1.54) is 12.8 Å². The van der Waals surface area contributed by atoms with Crippen LogP contribution in [0.4, 0.5) is 0 Å². The fourth-order valence-electron chi connectivity index (χ4n) is 1.83. The van der Waals surface area contributed by atoms with Gasteiger partial charge >= 0.3 is 7.60 Å². The van der Waals surface area contributed by atoms with Gasteiger partial charge in [0.25, 0.3) is 0 Å². The summed E-state index contributed by atoms with van der Waals surface area (Å²) in [6.07, 6.45) is 3.57. The van der Waals surface area contributed by atoms with Crippen LogP contribution in [0.2, 0.25) is 0 Å². The topological polar surface area (TPSA) is 35.5 Å². The van der Waals surface area contributed by atoms with Crippen LogP contribution in [0.3, 0.4) is 0 Å². The van der Waals surface area contributed by atoms with Crippen LogP contribution in [0.15, 0.2) is 0 Å². The van der Waals surface area contributed by atoms with Crippen molar-refractivity contribution in [3.63, 3.8) is 0 Å². The molecule has 1 saturated heterocycles. The van der Waals surface area contributed by atoms with E-state index in [1.54, 1.807) is 0 Å². The van der Waals surface area contributed by atoms with Gasteiger partial charge in [-0.25, -0.2) is 0 Å². The van der Waals surface area contributed by atoms with E-state index in [2.05, 4.69) is 13.8 Å². The van der Waals surface area contributed by atoms with Gasteiger partial charge in [0.2, 0.25) is 0 Å². The minimum atomic E-state index is -2.80. The van der Waals surface area contributed by atoms with E-state index in [-0.39, 0.29) is 11.1 Å². The molecule has 2 fully saturated rings. The van der Waals surface area contributed by atoms with E-state index in [0.717, 1.165) is 12.3 Å². The fraction of sp³-hybridized carbons (Fsp3) is 1.00. The van der Waals surface area contributed by atoms with Gasteiger partial charge in [-0.1, -0.05) is 33.6 Å². The van der Waals surface area contributed by atoms with Crippen LogP contribution in [0.25, 0.3) is 0 Å². The second-order valence-corrected chi connectivity index (χ2v) is 8.26. The minimum absolute atomic E-state index is 0.00715. The Hall–Kier alpha value is 0.150. The third kappa shape index (κ3) is 2.83. The second kappa shape index (κ2) is 3.87. The zero-order chi connectivity index (χ0) is 11.1. The van der Waals surface area contributed by atoms with Crippen molar-refractivity contribution >= 4 is 7.60 Å². The van der Waals surface area contributed by atoms with Crippen molar-refractivity contribution in [2.75, 3.05) is 13.2 Å². The molecular weight excluding hydrogens is 211 g/mol. The van der Waals surface area contributed by atoms with Gasteiger partial charge in [-0.3, -0.25) is 4.57 Å². The highest BCUT2D eigenvalue weighted by atomic mass is 31.2. The van der Waals surface area contributed by atoms with E-state index in [4.69, 9.17) is 9.05 Å². The summed E-state index contributed by atoms with van der Waals surface area (Å²) in [5, 5.41) is 0. The number of hydrogen-bond acceptors (Lipinski definition) is 3. The SMILES string of the molecule is CC(CC1CC1)P1(=O)OCC(C)(C)CO1. The van der Waals surface area contributed by atoms with Crippen LogP contribution in [-0.2, 0) is 13.6 Å². The first-order valence-corrected chi connectivity index (χ1v) is 7.41. The van der Waals surface area contributed by atoms with Gasteiger partial charge in [-0.15, -0.1) is 0 Å². The van der Waals surface area contributed by atoms with Gasteiger partial charge in [0, 0.05) is 5.41 Å². The maximum absolute atomic E-state index is 12.3. The Morgan fingerprint density at radius 2 is 1.87 bits per heavy atom. The van der Waals surface area contributed by atoms with E-state index < -0.39 is 7.60 Å². The van der Waals surface area contributed by atoms with Gasteiger partial charge in [0.1, 0.15) is 0 Å². The van der Waals surface area contributed by atoms with E-state index in [9.17, 15) is 4.57 Å². The Morgan fingerprint density at radius 3 is 2.33 bits per heavy atom. The summed E-state index contributed by atoms with van der Waals surface area (Å²) in [7, 11) is -2.80. The van der Waals surface area contributed by atoms with Crippen molar-refractivity contribution in [3.05, 3.63) is 0 Å². The molecule has 1 aliphatic heterocycles. The molecule has 0 amide bonds. The summed E-state index contributed by atoms with van der Waals surface area (Å²) in [6, 6.07) is 0. The summed E-state index contributed by atoms with van der Waals surface area (Å²) >= 11 is 0. The van der Waals surface area contributed by atoms with Crippen molar-refractivity contribution in [2.45, 2.75) is 45.7 Å². The monoisotopic (exact) mass is 232 g/mol. The average molecular weight is 232 g/mol. The summed E-state index contributed by atoms with van der Waals surface area (Å²) in [6.45, 7) is 7.25. The molecule has 0 aromatic heterocycles. The quantitative estimate of drug-likeness (QED) is 0.699. The second-order valence-electron chi connectivity index (χ2n) is 5.78. The standard InChI is InChI=1S/C11H21O3P/c1-9(6-10-4-5-10)15(12)13-7-11(2,3)8-14-15/h9-10H,4-8H2,1-3H3. The molecule has 15 heavy (non-hydrogen) atoms. The predicted octanol–water partition coefficient (Wildman–Crippen LogP) is 3.44. The maximum atomic E-state index is 12.3. The lowest BCUT2D eigenvalue weighted by Gasteiger charge is -2.36. The van der Waals surface area contributed by atoms with Crippen LogP contribution >= 0.6 is 7.60 Å². The van der Waals surface area contributed by atoms with E-state index in [1.807, 2.05) is 6.92 Å². The van der Waals surface area contributed by atoms with E-state index in [0.29, 0.717) is 13.2 Å². The lowest BCUT2D eigenvalue weighted by Crippen LogP contribution is -2.31. The minimum Gasteiger partial charge on any atom is -0.308 e. The Kier molecular flexibility index (Phi) is 3.00. The molecule has 1 saturated carbocycles. The van der Waals surface area contributed by atoms with Gasteiger partial charge in [-0.05, 0) is 12.3 Å². The van der Waals surface area contributed by atoms with Crippen molar-refractivity contribution in [2.24, 2.45) is 11.3 Å². The molecule has 0 aromatic rings. The largest absolute Gasteiger partial charge is 0.333 e. The van der Waals surface area contributed by atoms with Gasteiger partial charge < -0.3 is 9.05 Å². The average Bonchev–Trinajstić information content (AvgIpc) is 2.94. The highest BCUT2D eigenvalue weighted by Gasteiger charge is 2.42. The van der Waals surface area contributed by atoms with Crippen molar-refractivity contribution in [1.29, 1.82) is 0 Å². The van der Waals surface area contributed by atoms with Crippen LogP contribution in [0.5, 0.6) is 0 Å². The molecule has 4 heteroatoms. The summed E-state index contributed by atoms with van der Waals surface area (Å²) in [4.78, 5) is 0. The molecule has 2 rings (SSSR count). The molecule has 0 spiro atoms. The fourth-order valence-corrected chi connectivity index (χ4v) is 4.03. The van der Waals surface area contributed by atoms with Gasteiger partial charge in [-0.2, -0.15) is 0 Å². The van der Waals surface area contributed by atoms with Crippen LogP contribution in [-0.4, -0.2) is 18.9 Å². The molecule has 0 N–H and O–H groups in total. The Balaban J connectivity index is 1.92. The van der Waals surface area contributed by atoms with Crippen molar-refractivity contribution < 1.29 is 13.6 Å². The van der Waals surface area contributed by atoms with Crippen LogP contribution in [0, 0.1) is 11.3 Å². The lowest BCUT2D eigenvalue weighted by molar-refractivity contribution is 0.0380. The molecule has 1 atom stereocenters. The summed E-state index contributed by atoms with van der Waals surface area (Å²) in [5.74, 6) is 0.771. The predicted molar refractivity (Wildman–Crippen MR) is 60.1 cm³/mol. The lowest BCUT2D eigenvalue weighted by atomic mass is 9.97. The molecule has 0 aromatic carbocycles. The molecule has 1 unspecified atom stereocenters. The van der Waals surface area contributed by atoms with Gasteiger partial charge in [0.15, 0.2) is 0 Å². The Morgan fingerprint density at radius 1 is 1.33 bits per heavy atom. The molecule has 1 heterocycles. The maximum Gasteiger partial charge on any atom is 0.333 e. The molecule has 1 aliphatic carbocycles. The van der Waals surface area contributed by atoms with Crippen LogP contribution < -0.4 is 0 Å². The molecule has 0 radical (unpaired) electrons.